The van der Waals surface area contributed by atoms with Crippen LogP contribution in [0, 0.1) is 0 Å². The SMILES string of the molecule is COCCNC(C(N)=O)c1sccc1Br. The van der Waals surface area contributed by atoms with E-state index in [1.807, 2.05) is 11.4 Å². The van der Waals surface area contributed by atoms with E-state index < -0.39 is 6.04 Å². The van der Waals surface area contributed by atoms with Gasteiger partial charge in [-0.15, -0.1) is 11.3 Å². The van der Waals surface area contributed by atoms with Gasteiger partial charge in [0.2, 0.25) is 5.91 Å². The molecule has 0 aromatic carbocycles. The molecule has 0 saturated carbocycles. The lowest BCUT2D eigenvalue weighted by Crippen LogP contribution is -2.35. The number of hydrogen-bond acceptors (Lipinski definition) is 4. The highest BCUT2D eigenvalue weighted by Crippen LogP contribution is 2.28. The zero-order chi connectivity index (χ0) is 11.3. The maximum atomic E-state index is 11.2. The molecule has 4 nitrogen and oxygen atoms in total. The first-order chi connectivity index (χ1) is 7.16. The number of rotatable bonds is 6. The molecular formula is C9H13BrN2O2S. The molecule has 1 unspecified atom stereocenters. The second-order valence-corrected chi connectivity index (χ2v) is 4.72. The summed E-state index contributed by atoms with van der Waals surface area (Å²) in [6, 6.07) is 1.45. The van der Waals surface area contributed by atoms with Gasteiger partial charge < -0.3 is 10.5 Å². The Kier molecular flexibility index (Phi) is 5.24. The fourth-order valence-electron chi connectivity index (χ4n) is 1.14. The van der Waals surface area contributed by atoms with Crippen molar-refractivity contribution in [1.82, 2.24) is 5.32 Å². The van der Waals surface area contributed by atoms with Crippen LogP contribution in [0.25, 0.3) is 0 Å². The van der Waals surface area contributed by atoms with Gasteiger partial charge in [-0.2, -0.15) is 0 Å². The van der Waals surface area contributed by atoms with Gasteiger partial charge in [-0.05, 0) is 27.4 Å². The Labute approximate surface area is 101 Å². The Bertz CT molecular complexity index is 330. The van der Waals surface area contributed by atoms with Crippen molar-refractivity contribution in [1.29, 1.82) is 0 Å². The van der Waals surface area contributed by atoms with E-state index in [0.717, 1.165) is 9.35 Å². The molecule has 0 fully saturated rings. The fourth-order valence-corrected chi connectivity index (χ4v) is 2.82. The van der Waals surface area contributed by atoms with Crippen LogP contribution < -0.4 is 11.1 Å². The third kappa shape index (κ3) is 3.57. The summed E-state index contributed by atoms with van der Waals surface area (Å²) in [6.07, 6.45) is 0. The normalized spacial score (nSPS) is 12.7. The Morgan fingerprint density at radius 1 is 1.80 bits per heavy atom. The Hall–Kier alpha value is -0.430. The van der Waals surface area contributed by atoms with Crippen LogP contribution in [-0.2, 0) is 9.53 Å². The Morgan fingerprint density at radius 3 is 3.00 bits per heavy atom. The highest BCUT2D eigenvalue weighted by molar-refractivity contribution is 9.10. The van der Waals surface area contributed by atoms with Crippen molar-refractivity contribution in [3.05, 3.63) is 20.8 Å². The second kappa shape index (κ2) is 6.22. The molecule has 0 radical (unpaired) electrons. The zero-order valence-electron chi connectivity index (χ0n) is 8.33. The van der Waals surface area contributed by atoms with Gasteiger partial charge in [0, 0.05) is 23.0 Å². The van der Waals surface area contributed by atoms with Crippen LogP contribution in [0.2, 0.25) is 0 Å². The lowest BCUT2D eigenvalue weighted by molar-refractivity contribution is -0.120. The van der Waals surface area contributed by atoms with Crippen molar-refractivity contribution in [2.24, 2.45) is 5.73 Å². The lowest BCUT2D eigenvalue weighted by atomic mass is 10.2. The largest absolute Gasteiger partial charge is 0.383 e. The third-order valence-electron chi connectivity index (χ3n) is 1.85. The summed E-state index contributed by atoms with van der Waals surface area (Å²) in [5, 5.41) is 4.95. The second-order valence-electron chi connectivity index (χ2n) is 2.92. The van der Waals surface area contributed by atoms with Crippen molar-refractivity contribution in [3.8, 4) is 0 Å². The highest BCUT2D eigenvalue weighted by atomic mass is 79.9. The Balaban J connectivity index is 2.67. The average molecular weight is 293 g/mol. The maximum Gasteiger partial charge on any atom is 0.240 e. The third-order valence-corrected chi connectivity index (χ3v) is 3.78. The first-order valence-electron chi connectivity index (χ1n) is 4.41. The molecular weight excluding hydrogens is 280 g/mol. The van der Waals surface area contributed by atoms with E-state index in [-0.39, 0.29) is 5.91 Å². The smallest absolute Gasteiger partial charge is 0.240 e. The summed E-state index contributed by atoms with van der Waals surface area (Å²) in [5.41, 5.74) is 5.32. The number of carbonyl (C=O) groups excluding carboxylic acids is 1. The molecule has 0 spiro atoms. The van der Waals surface area contributed by atoms with Crippen LogP contribution in [0.3, 0.4) is 0 Å². The molecule has 84 valence electrons. The van der Waals surface area contributed by atoms with Crippen molar-refractivity contribution < 1.29 is 9.53 Å². The predicted octanol–water partition coefficient (Wildman–Crippen LogP) is 1.27. The maximum absolute atomic E-state index is 11.2. The first-order valence-corrected chi connectivity index (χ1v) is 6.08. The standard InChI is InChI=1S/C9H13BrN2O2S/c1-14-4-3-12-7(9(11)13)8-6(10)2-5-15-8/h2,5,7,12H,3-4H2,1H3,(H2,11,13). The van der Waals surface area contributed by atoms with Crippen molar-refractivity contribution in [3.63, 3.8) is 0 Å². The minimum atomic E-state index is -0.450. The van der Waals surface area contributed by atoms with Crippen LogP contribution in [-0.4, -0.2) is 26.2 Å². The number of nitrogens with two attached hydrogens (primary N) is 1. The molecule has 1 amide bonds. The average Bonchev–Trinajstić information content (AvgIpc) is 2.59. The number of hydrogen-bond donors (Lipinski definition) is 2. The summed E-state index contributed by atoms with van der Waals surface area (Å²) in [5.74, 6) is -0.380. The minimum Gasteiger partial charge on any atom is -0.383 e. The number of amides is 1. The quantitative estimate of drug-likeness (QED) is 0.776. The van der Waals surface area contributed by atoms with E-state index in [1.165, 1.54) is 11.3 Å². The summed E-state index contributed by atoms with van der Waals surface area (Å²) >= 11 is 4.87. The van der Waals surface area contributed by atoms with Gasteiger partial charge in [-0.25, -0.2) is 0 Å². The van der Waals surface area contributed by atoms with Gasteiger partial charge in [-0.3, -0.25) is 10.1 Å². The van der Waals surface area contributed by atoms with Gasteiger partial charge in [0.25, 0.3) is 0 Å². The molecule has 3 N–H and O–H groups in total. The van der Waals surface area contributed by atoms with Crippen molar-refractivity contribution in [2.45, 2.75) is 6.04 Å². The number of nitrogens with one attached hydrogen (secondary N) is 1. The molecule has 0 saturated heterocycles. The minimum absolute atomic E-state index is 0.380. The monoisotopic (exact) mass is 292 g/mol. The van der Waals surface area contributed by atoms with E-state index in [0.29, 0.717) is 13.2 Å². The molecule has 15 heavy (non-hydrogen) atoms. The van der Waals surface area contributed by atoms with Crippen molar-refractivity contribution in [2.75, 3.05) is 20.3 Å². The Morgan fingerprint density at radius 2 is 2.53 bits per heavy atom. The van der Waals surface area contributed by atoms with Crippen LogP contribution in [0.4, 0.5) is 0 Å². The molecule has 1 rings (SSSR count). The number of carbonyl (C=O) groups is 1. The molecule has 6 heteroatoms. The summed E-state index contributed by atoms with van der Waals surface area (Å²) < 4.78 is 5.80. The van der Waals surface area contributed by atoms with Gasteiger partial charge in [-0.1, -0.05) is 0 Å². The number of halogens is 1. The van der Waals surface area contributed by atoms with Gasteiger partial charge >= 0.3 is 0 Å². The van der Waals surface area contributed by atoms with E-state index in [1.54, 1.807) is 7.11 Å². The van der Waals surface area contributed by atoms with E-state index in [4.69, 9.17) is 10.5 Å². The topological polar surface area (TPSA) is 64.3 Å². The zero-order valence-corrected chi connectivity index (χ0v) is 10.7. The summed E-state index contributed by atoms with van der Waals surface area (Å²) in [7, 11) is 1.61. The molecule has 1 aromatic rings. The van der Waals surface area contributed by atoms with E-state index >= 15 is 0 Å². The van der Waals surface area contributed by atoms with E-state index in [2.05, 4.69) is 21.2 Å². The molecule has 1 atom stereocenters. The van der Waals surface area contributed by atoms with Crippen LogP contribution in [0.5, 0.6) is 0 Å². The number of thiophene rings is 1. The highest BCUT2D eigenvalue weighted by Gasteiger charge is 2.20. The van der Waals surface area contributed by atoms with E-state index in [9.17, 15) is 4.79 Å². The summed E-state index contributed by atoms with van der Waals surface area (Å²) in [4.78, 5) is 12.2. The molecule has 1 aromatic heterocycles. The molecule has 0 aliphatic rings. The lowest BCUT2D eigenvalue weighted by Gasteiger charge is -2.14. The molecule has 0 aliphatic carbocycles. The molecule has 1 heterocycles. The fraction of sp³-hybridized carbons (Fsp3) is 0.444. The van der Waals surface area contributed by atoms with Crippen LogP contribution >= 0.6 is 27.3 Å². The van der Waals surface area contributed by atoms with Gasteiger partial charge in [0.15, 0.2) is 0 Å². The first kappa shape index (κ1) is 12.6. The number of methoxy groups -OCH3 is 1. The predicted molar refractivity (Wildman–Crippen MR) is 63.8 cm³/mol. The molecule has 0 aliphatic heterocycles. The number of ether oxygens (including phenoxy) is 1. The number of primary amides is 1. The van der Waals surface area contributed by atoms with Crippen molar-refractivity contribution >= 4 is 33.2 Å². The van der Waals surface area contributed by atoms with Crippen LogP contribution in [0.15, 0.2) is 15.9 Å². The summed E-state index contributed by atoms with van der Waals surface area (Å²) in [6.45, 7) is 1.14. The van der Waals surface area contributed by atoms with Gasteiger partial charge in [0.05, 0.1) is 6.61 Å². The van der Waals surface area contributed by atoms with Crippen LogP contribution in [0.1, 0.15) is 10.9 Å². The van der Waals surface area contributed by atoms with Gasteiger partial charge in [0.1, 0.15) is 6.04 Å². The molecule has 0 bridgehead atoms.